The van der Waals surface area contributed by atoms with Crippen molar-refractivity contribution in [2.45, 2.75) is 13.8 Å². The second-order valence-corrected chi connectivity index (χ2v) is 5.97. The number of nitrogens with zero attached hydrogens (tertiary/aromatic N) is 2. The van der Waals surface area contributed by atoms with E-state index in [4.69, 9.17) is 9.47 Å². The van der Waals surface area contributed by atoms with Gasteiger partial charge in [0.25, 0.3) is 0 Å². The van der Waals surface area contributed by atoms with Crippen LogP contribution >= 0.6 is 0 Å². The van der Waals surface area contributed by atoms with Gasteiger partial charge in [-0.25, -0.2) is 13.2 Å². The first-order chi connectivity index (χ1) is 12.8. The van der Waals surface area contributed by atoms with E-state index in [9.17, 15) is 13.2 Å². The van der Waals surface area contributed by atoms with Crippen LogP contribution < -0.4 is 9.47 Å². The smallest absolute Gasteiger partial charge is 0.136 e. The minimum Gasteiger partial charge on any atom is -0.497 e. The molecule has 0 spiro atoms. The molecule has 0 saturated heterocycles. The highest BCUT2D eigenvalue weighted by Gasteiger charge is 2.23. The lowest BCUT2D eigenvalue weighted by Gasteiger charge is -2.17. The summed E-state index contributed by atoms with van der Waals surface area (Å²) >= 11 is 0. The lowest BCUT2D eigenvalue weighted by atomic mass is 9.92. The second-order valence-electron chi connectivity index (χ2n) is 5.97. The molecule has 2 aromatic carbocycles. The first-order valence-electron chi connectivity index (χ1n) is 8.08. The molecule has 0 bridgehead atoms. The maximum absolute atomic E-state index is 14.5. The Kier molecular flexibility index (Phi) is 5.03. The summed E-state index contributed by atoms with van der Waals surface area (Å²) in [6.07, 6.45) is 0. The maximum atomic E-state index is 14.5. The van der Waals surface area contributed by atoms with E-state index in [2.05, 4.69) is 10.2 Å². The largest absolute Gasteiger partial charge is 0.497 e. The summed E-state index contributed by atoms with van der Waals surface area (Å²) in [6.45, 7) is 3.27. The number of aromatic nitrogens is 2. The molecule has 0 aliphatic carbocycles. The monoisotopic (exact) mass is 374 g/mol. The third-order valence-corrected chi connectivity index (χ3v) is 4.22. The lowest BCUT2D eigenvalue weighted by molar-refractivity contribution is 0.394. The van der Waals surface area contributed by atoms with Gasteiger partial charge in [-0.2, -0.15) is 10.2 Å². The Hall–Kier alpha value is -3.09. The molecule has 0 N–H and O–H groups in total. The van der Waals surface area contributed by atoms with Gasteiger partial charge in [-0.05, 0) is 31.5 Å². The molecular formula is C20H17F3N2O2. The van der Waals surface area contributed by atoms with E-state index in [-0.39, 0.29) is 11.1 Å². The standard InChI is InChI=1S/C20H17F3N2O2/c1-10-18(12-5-14(26-3)9-15(6-12)27-4)19(11(2)25-24-10)20-16(22)7-13(21)8-17(20)23/h5-9H,1-4H3. The van der Waals surface area contributed by atoms with Gasteiger partial charge in [0, 0.05) is 29.3 Å². The summed E-state index contributed by atoms with van der Waals surface area (Å²) in [7, 11) is 3.00. The Bertz CT molecular complexity index is 977. The minimum atomic E-state index is -1.01. The van der Waals surface area contributed by atoms with Gasteiger partial charge in [-0.3, -0.25) is 0 Å². The van der Waals surface area contributed by atoms with Crippen LogP contribution in [-0.2, 0) is 0 Å². The fraction of sp³-hybridized carbons (Fsp3) is 0.200. The van der Waals surface area contributed by atoms with E-state index in [1.54, 1.807) is 32.0 Å². The Morgan fingerprint density at radius 1 is 0.667 bits per heavy atom. The molecule has 0 fully saturated rings. The molecule has 0 amide bonds. The molecule has 0 aliphatic rings. The Balaban J connectivity index is 2.39. The SMILES string of the molecule is COc1cc(OC)cc(-c2c(C)nnc(C)c2-c2c(F)cc(F)cc2F)c1. The van der Waals surface area contributed by atoms with Crippen molar-refractivity contribution in [2.75, 3.05) is 14.2 Å². The van der Waals surface area contributed by atoms with Crippen LogP contribution in [0.1, 0.15) is 11.4 Å². The molecule has 1 aromatic heterocycles. The number of hydrogen-bond acceptors (Lipinski definition) is 4. The average molecular weight is 374 g/mol. The van der Waals surface area contributed by atoms with E-state index >= 15 is 0 Å². The average Bonchev–Trinajstić information content (AvgIpc) is 2.63. The Morgan fingerprint density at radius 2 is 1.15 bits per heavy atom. The molecular weight excluding hydrogens is 357 g/mol. The predicted octanol–water partition coefficient (Wildman–Crippen LogP) is 4.86. The van der Waals surface area contributed by atoms with Gasteiger partial charge in [0.05, 0.1) is 31.2 Å². The molecule has 0 saturated carbocycles. The van der Waals surface area contributed by atoms with Crippen molar-refractivity contribution in [3.05, 3.63) is 59.2 Å². The molecule has 140 valence electrons. The fourth-order valence-corrected chi connectivity index (χ4v) is 3.00. The molecule has 0 atom stereocenters. The number of ether oxygens (including phenoxy) is 2. The van der Waals surface area contributed by atoms with Crippen LogP contribution in [-0.4, -0.2) is 24.4 Å². The number of aryl methyl sites for hydroxylation is 2. The van der Waals surface area contributed by atoms with E-state index in [1.165, 1.54) is 14.2 Å². The van der Waals surface area contributed by atoms with Crippen LogP contribution in [0.2, 0.25) is 0 Å². The quantitative estimate of drug-likeness (QED) is 0.654. The fourth-order valence-electron chi connectivity index (χ4n) is 3.00. The van der Waals surface area contributed by atoms with E-state index in [1.807, 2.05) is 0 Å². The molecule has 27 heavy (non-hydrogen) atoms. The number of benzene rings is 2. The van der Waals surface area contributed by atoms with E-state index in [0.717, 1.165) is 0 Å². The minimum absolute atomic E-state index is 0.202. The summed E-state index contributed by atoms with van der Waals surface area (Å²) in [5.41, 5.74) is 1.65. The summed E-state index contributed by atoms with van der Waals surface area (Å²) in [4.78, 5) is 0. The zero-order valence-corrected chi connectivity index (χ0v) is 15.2. The van der Waals surface area contributed by atoms with Crippen LogP contribution in [0.3, 0.4) is 0 Å². The van der Waals surface area contributed by atoms with Crippen molar-refractivity contribution in [1.82, 2.24) is 10.2 Å². The van der Waals surface area contributed by atoms with E-state index in [0.29, 0.717) is 46.1 Å². The number of rotatable bonds is 4. The summed E-state index contributed by atoms with van der Waals surface area (Å²) < 4.78 is 53.0. The van der Waals surface area contributed by atoms with Gasteiger partial charge in [-0.1, -0.05) is 0 Å². The van der Waals surface area contributed by atoms with Crippen molar-refractivity contribution in [3.8, 4) is 33.8 Å². The summed E-state index contributed by atoms with van der Waals surface area (Å²) in [5, 5.41) is 8.07. The van der Waals surface area contributed by atoms with Crippen molar-refractivity contribution in [1.29, 1.82) is 0 Å². The van der Waals surface area contributed by atoms with Crippen LogP contribution in [0.5, 0.6) is 11.5 Å². The van der Waals surface area contributed by atoms with Gasteiger partial charge >= 0.3 is 0 Å². The number of hydrogen-bond donors (Lipinski definition) is 0. The topological polar surface area (TPSA) is 44.2 Å². The zero-order chi connectivity index (χ0) is 19.7. The molecule has 0 unspecified atom stereocenters. The van der Waals surface area contributed by atoms with E-state index < -0.39 is 17.5 Å². The predicted molar refractivity (Wildman–Crippen MR) is 95.4 cm³/mol. The number of methoxy groups -OCH3 is 2. The number of halogens is 3. The van der Waals surface area contributed by atoms with Gasteiger partial charge in [0.2, 0.25) is 0 Å². The van der Waals surface area contributed by atoms with Gasteiger partial charge in [0.15, 0.2) is 0 Å². The van der Waals surface area contributed by atoms with Crippen molar-refractivity contribution in [3.63, 3.8) is 0 Å². The first kappa shape index (κ1) is 18.7. The van der Waals surface area contributed by atoms with Crippen LogP contribution in [0.15, 0.2) is 30.3 Å². The highest BCUT2D eigenvalue weighted by Crippen LogP contribution is 2.40. The van der Waals surface area contributed by atoms with Gasteiger partial charge < -0.3 is 9.47 Å². The Morgan fingerprint density at radius 3 is 1.63 bits per heavy atom. The normalized spacial score (nSPS) is 10.8. The van der Waals surface area contributed by atoms with Crippen LogP contribution in [0.25, 0.3) is 22.3 Å². The first-order valence-corrected chi connectivity index (χ1v) is 8.08. The maximum Gasteiger partial charge on any atom is 0.136 e. The van der Waals surface area contributed by atoms with Crippen LogP contribution in [0.4, 0.5) is 13.2 Å². The second kappa shape index (κ2) is 7.26. The Labute approximate surface area is 154 Å². The third-order valence-electron chi connectivity index (χ3n) is 4.22. The van der Waals surface area contributed by atoms with Crippen LogP contribution in [0, 0.1) is 31.3 Å². The molecule has 1 heterocycles. The highest BCUT2D eigenvalue weighted by atomic mass is 19.1. The van der Waals surface area contributed by atoms with Crippen molar-refractivity contribution >= 4 is 0 Å². The zero-order valence-electron chi connectivity index (χ0n) is 15.2. The van der Waals surface area contributed by atoms with Gasteiger partial charge in [0.1, 0.15) is 29.0 Å². The lowest BCUT2D eigenvalue weighted by Crippen LogP contribution is -2.03. The molecule has 0 aliphatic heterocycles. The van der Waals surface area contributed by atoms with Gasteiger partial charge in [-0.15, -0.1) is 0 Å². The third kappa shape index (κ3) is 3.45. The molecule has 0 radical (unpaired) electrons. The molecule has 3 rings (SSSR count). The summed E-state index contributed by atoms with van der Waals surface area (Å²) in [5.74, 6) is -2.01. The summed E-state index contributed by atoms with van der Waals surface area (Å²) in [6, 6.07) is 6.37. The molecule has 4 nitrogen and oxygen atoms in total. The van der Waals surface area contributed by atoms with Crippen molar-refractivity contribution in [2.24, 2.45) is 0 Å². The highest BCUT2D eigenvalue weighted by molar-refractivity contribution is 5.87. The molecule has 7 heteroatoms. The molecule has 3 aromatic rings. The van der Waals surface area contributed by atoms with Crippen molar-refractivity contribution < 1.29 is 22.6 Å².